The van der Waals surface area contributed by atoms with Crippen molar-refractivity contribution in [3.63, 3.8) is 0 Å². The standard InChI is InChI=1S/C20H21Cl2NO4/c1-12(2)10-26-15-6-4-5-14(9-15)20(25)27-11-17(24)23-19-16(21)8-7-13(3)18(19)22/h4-9,12H,10-11H2,1-3H3,(H,23,24). The van der Waals surface area contributed by atoms with Crippen LogP contribution in [0.15, 0.2) is 36.4 Å². The first-order valence-corrected chi connectivity index (χ1v) is 9.18. The number of esters is 1. The van der Waals surface area contributed by atoms with Crippen LogP contribution >= 0.6 is 23.2 Å². The maximum atomic E-state index is 12.2. The molecule has 0 spiro atoms. The monoisotopic (exact) mass is 409 g/mol. The van der Waals surface area contributed by atoms with E-state index in [1.807, 2.05) is 13.8 Å². The molecule has 144 valence electrons. The zero-order valence-electron chi connectivity index (χ0n) is 15.3. The van der Waals surface area contributed by atoms with Crippen molar-refractivity contribution in [1.82, 2.24) is 0 Å². The van der Waals surface area contributed by atoms with Gasteiger partial charge in [-0.1, -0.05) is 49.2 Å². The van der Waals surface area contributed by atoms with Gasteiger partial charge in [0.1, 0.15) is 5.75 Å². The van der Waals surface area contributed by atoms with E-state index < -0.39 is 18.5 Å². The third-order valence-corrected chi connectivity index (χ3v) is 4.34. The molecular formula is C20H21Cl2NO4. The van der Waals surface area contributed by atoms with Gasteiger partial charge in [0.05, 0.1) is 27.9 Å². The van der Waals surface area contributed by atoms with Gasteiger partial charge >= 0.3 is 5.97 Å². The average molecular weight is 410 g/mol. The molecule has 2 rings (SSSR count). The van der Waals surface area contributed by atoms with Crippen LogP contribution in [0.4, 0.5) is 5.69 Å². The molecule has 0 unspecified atom stereocenters. The first kappa shape index (κ1) is 21.1. The predicted octanol–water partition coefficient (Wildman–Crippen LogP) is 5.13. The summed E-state index contributed by atoms with van der Waals surface area (Å²) in [6.07, 6.45) is 0. The van der Waals surface area contributed by atoms with Gasteiger partial charge in [0.2, 0.25) is 0 Å². The molecule has 0 aliphatic heterocycles. The third kappa shape index (κ3) is 6.15. The van der Waals surface area contributed by atoms with Crippen LogP contribution < -0.4 is 10.1 Å². The molecule has 0 bridgehead atoms. The second kappa shape index (κ2) is 9.62. The molecule has 0 aliphatic rings. The van der Waals surface area contributed by atoms with Gasteiger partial charge in [-0.2, -0.15) is 0 Å². The third-order valence-electron chi connectivity index (χ3n) is 3.54. The van der Waals surface area contributed by atoms with Gasteiger partial charge in [-0.3, -0.25) is 4.79 Å². The summed E-state index contributed by atoms with van der Waals surface area (Å²) in [5.41, 5.74) is 1.37. The van der Waals surface area contributed by atoms with Crippen LogP contribution in [-0.4, -0.2) is 25.1 Å². The van der Waals surface area contributed by atoms with Gasteiger partial charge in [-0.25, -0.2) is 4.79 Å². The number of amides is 1. The summed E-state index contributed by atoms with van der Waals surface area (Å²) >= 11 is 12.2. The van der Waals surface area contributed by atoms with Crippen molar-refractivity contribution in [2.24, 2.45) is 5.92 Å². The lowest BCUT2D eigenvalue weighted by atomic mass is 10.2. The molecular weight excluding hydrogens is 389 g/mol. The van der Waals surface area contributed by atoms with Gasteiger partial charge < -0.3 is 14.8 Å². The lowest BCUT2D eigenvalue weighted by Gasteiger charge is -2.12. The fourth-order valence-corrected chi connectivity index (χ4v) is 2.60. The Morgan fingerprint density at radius 3 is 2.59 bits per heavy atom. The number of ether oxygens (including phenoxy) is 2. The summed E-state index contributed by atoms with van der Waals surface area (Å²) in [6, 6.07) is 10.0. The maximum Gasteiger partial charge on any atom is 0.338 e. The summed E-state index contributed by atoms with van der Waals surface area (Å²) in [6.45, 7) is 5.94. The number of halogens is 2. The maximum absolute atomic E-state index is 12.2. The fourth-order valence-electron chi connectivity index (χ4n) is 2.14. The van der Waals surface area contributed by atoms with Gasteiger partial charge in [0.25, 0.3) is 5.91 Å². The molecule has 0 heterocycles. The second-order valence-corrected chi connectivity index (χ2v) is 7.20. The van der Waals surface area contributed by atoms with Crippen molar-refractivity contribution in [2.75, 3.05) is 18.5 Å². The van der Waals surface area contributed by atoms with Crippen molar-refractivity contribution in [3.8, 4) is 5.75 Å². The lowest BCUT2D eigenvalue weighted by Crippen LogP contribution is -2.21. The van der Waals surface area contributed by atoms with Crippen LogP contribution in [0.2, 0.25) is 10.0 Å². The molecule has 0 atom stereocenters. The molecule has 2 aromatic rings. The highest BCUT2D eigenvalue weighted by Gasteiger charge is 2.15. The Hall–Kier alpha value is -2.24. The molecule has 0 aromatic heterocycles. The van der Waals surface area contributed by atoms with Gasteiger partial charge in [-0.15, -0.1) is 0 Å². The van der Waals surface area contributed by atoms with E-state index in [9.17, 15) is 9.59 Å². The normalized spacial score (nSPS) is 10.6. The lowest BCUT2D eigenvalue weighted by molar-refractivity contribution is -0.119. The number of benzene rings is 2. The van der Waals surface area contributed by atoms with Crippen molar-refractivity contribution in [3.05, 3.63) is 57.6 Å². The Balaban J connectivity index is 1.95. The highest BCUT2D eigenvalue weighted by Crippen LogP contribution is 2.32. The minimum Gasteiger partial charge on any atom is -0.493 e. The molecule has 7 heteroatoms. The molecule has 0 saturated carbocycles. The van der Waals surface area contributed by atoms with E-state index in [4.69, 9.17) is 32.7 Å². The topological polar surface area (TPSA) is 64.6 Å². The van der Waals surface area contributed by atoms with E-state index in [0.29, 0.717) is 39.6 Å². The average Bonchev–Trinajstić information content (AvgIpc) is 2.65. The van der Waals surface area contributed by atoms with Crippen LogP contribution in [-0.2, 0) is 9.53 Å². The smallest absolute Gasteiger partial charge is 0.338 e. The van der Waals surface area contributed by atoms with E-state index in [-0.39, 0.29) is 0 Å². The summed E-state index contributed by atoms with van der Waals surface area (Å²) in [5, 5.41) is 3.22. The number of rotatable bonds is 7. The SMILES string of the molecule is Cc1ccc(Cl)c(NC(=O)COC(=O)c2cccc(OCC(C)C)c2)c1Cl. The number of aryl methyl sites for hydroxylation is 1. The van der Waals surface area contributed by atoms with Crippen LogP contribution in [0.5, 0.6) is 5.75 Å². The summed E-state index contributed by atoms with van der Waals surface area (Å²) < 4.78 is 10.6. The number of carbonyl (C=O) groups excluding carboxylic acids is 2. The van der Waals surface area contributed by atoms with E-state index in [0.717, 1.165) is 5.56 Å². The summed E-state index contributed by atoms with van der Waals surface area (Å²) in [4.78, 5) is 24.2. The molecule has 0 fully saturated rings. The number of carbonyl (C=O) groups is 2. The highest BCUT2D eigenvalue weighted by atomic mass is 35.5. The Kier molecular flexibility index (Phi) is 7.51. The van der Waals surface area contributed by atoms with Gasteiger partial charge in [0.15, 0.2) is 6.61 Å². The second-order valence-electron chi connectivity index (χ2n) is 6.41. The summed E-state index contributed by atoms with van der Waals surface area (Å²) in [5.74, 6) is -0.225. The molecule has 0 saturated heterocycles. The quantitative estimate of drug-likeness (QED) is 0.643. The van der Waals surface area contributed by atoms with E-state index in [1.165, 1.54) is 0 Å². The molecule has 5 nitrogen and oxygen atoms in total. The number of hydrogen-bond donors (Lipinski definition) is 1. The number of hydrogen-bond acceptors (Lipinski definition) is 4. The van der Waals surface area contributed by atoms with E-state index in [2.05, 4.69) is 5.32 Å². The summed E-state index contributed by atoms with van der Waals surface area (Å²) in [7, 11) is 0. The Morgan fingerprint density at radius 1 is 1.15 bits per heavy atom. The molecule has 0 radical (unpaired) electrons. The zero-order chi connectivity index (χ0) is 20.0. The Bertz CT molecular complexity index is 837. The van der Waals surface area contributed by atoms with Crippen molar-refractivity contribution < 1.29 is 19.1 Å². The van der Waals surface area contributed by atoms with Crippen LogP contribution in [0.3, 0.4) is 0 Å². The predicted molar refractivity (Wildman–Crippen MR) is 107 cm³/mol. The van der Waals surface area contributed by atoms with E-state index in [1.54, 1.807) is 43.3 Å². The first-order chi connectivity index (χ1) is 12.8. The molecule has 2 aromatic carbocycles. The fraction of sp³-hybridized carbons (Fsp3) is 0.300. The van der Waals surface area contributed by atoms with Crippen molar-refractivity contribution in [2.45, 2.75) is 20.8 Å². The van der Waals surface area contributed by atoms with Crippen LogP contribution in [0, 0.1) is 12.8 Å². The number of nitrogens with one attached hydrogen (secondary N) is 1. The Morgan fingerprint density at radius 2 is 1.89 bits per heavy atom. The van der Waals surface area contributed by atoms with Crippen LogP contribution in [0.1, 0.15) is 29.8 Å². The highest BCUT2D eigenvalue weighted by molar-refractivity contribution is 6.40. The Labute approximate surface area is 168 Å². The minimum atomic E-state index is -0.624. The first-order valence-electron chi connectivity index (χ1n) is 8.42. The molecule has 27 heavy (non-hydrogen) atoms. The van der Waals surface area contributed by atoms with Crippen molar-refractivity contribution in [1.29, 1.82) is 0 Å². The van der Waals surface area contributed by atoms with Crippen LogP contribution in [0.25, 0.3) is 0 Å². The molecule has 1 amide bonds. The number of anilines is 1. The molecule has 1 N–H and O–H groups in total. The van der Waals surface area contributed by atoms with Gasteiger partial charge in [-0.05, 0) is 42.7 Å². The minimum absolute atomic E-state index is 0.295. The van der Waals surface area contributed by atoms with Crippen molar-refractivity contribution >= 4 is 40.8 Å². The zero-order valence-corrected chi connectivity index (χ0v) is 16.9. The largest absolute Gasteiger partial charge is 0.493 e. The molecule has 0 aliphatic carbocycles. The van der Waals surface area contributed by atoms with Gasteiger partial charge in [0, 0.05) is 0 Å². The van der Waals surface area contributed by atoms with E-state index >= 15 is 0 Å².